The van der Waals surface area contributed by atoms with Crippen molar-refractivity contribution in [3.05, 3.63) is 47.5 Å². The van der Waals surface area contributed by atoms with Gasteiger partial charge in [-0.25, -0.2) is 4.98 Å². The SMILES string of the molecule is O=C(CN1CCCC[C@H]1c1nc2ccccc2s1)Nc1ccc2c(c1)OCO2. The van der Waals surface area contributed by atoms with Gasteiger partial charge in [-0.2, -0.15) is 0 Å². The van der Waals surface area contributed by atoms with E-state index in [-0.39, 0.29) is 18.7 Å². The van der Waals surface area contributed by atoms with Gasteiger partial charge in [0, 0.05) is 11.8 Å². The number of thiazole rings is 1. The number of likely N-dealkylation sites (tertiary alicyclic amines) is 1. The predicted octanol–water partition coefficient (Wildman–Crippen LogP) is 4.19. The van der Waals surface area contributed by atoms with Gasteiger partial charge in [0.2, 0.25) is 12.7 Å². The largest absolute Gasteiger partial charge is 0.454 e. The summed E-state index contributed by atoms with van der Waals surface area (Å²) < 4.78 is 11.9. The van der Waals surface area contributed by atoms with E-state index in [2.05, 4.69) is 22.3 Å². The molecule has 144 valence electrons. The Bertz CT molecular complexity index is 986. The van der Waals surface area contributed by atoms with Crippen LogP contribution < -0.4 is 14.8 Å². The molecule has 0 radical (unpaired) electrons. The smallest absolute Gasteiger partial charge is 0.238 e. The summed E-state index contributed by atoms with van der Waals surface area (Å²) in [4.78, 5) is 19.8. The van der Waals surface area contributed by atoms with Crippen molar-refractivity contribution in [2.45, 2.75) is 25.3 Å². The second-order valence-corrected chi connectivity index (χ2v) is 8.18. The van der Waals surface area contributed by atoms with Crippen LogP contribution in [0.25, 0.3) is 10.2 Å². The second kappa shape index (κ2) is 7.41. The van der Waals surface area contributed by atoms with E-state index in [4.69, 9.17) is 14.5 Å². The van der Waals surface area contributed by atoms with Gasteiger partial charge in [-0.1, -0.05) is 18.6 Å². The van der Waals surface area contributed by atoms with Crippen molar-refractivity contribution in [3.8, 4) is 11.5 Å². The lowest BCUT2D eigenvalue weighted by Crippen LogP contribution is -2.39. The first-order valence-corrected chi connectivity index (χ1v) is 10.4. The van der Waals surface area contributed by atoms with Crippen LogP contribution in [0.15, 0.2) is 42.5 Å². The number of para-hydroxylation sites is 1. The van der Waals surface area contributed by atoms with Gasteiger partial charge >= 0.3 is 0 Å². The molecule has 2 aliphatic heterocycles. The third-order valence-electron chi connectivity index (χ3n) is 5.21. The van der Waals surface area contributed by atoms with Gasteiger partial charge in [0.25, 0.3) is 0 Å². The minimum Gasteiger partial charge on any atom is -0.454 e. The summed E-state index contributed by atoms with van der Waals surface area (Å²) in [6, 6.07) is 13.9. The maximum absolute atomic E-state index is 12.7. The van der Waals surface area contributed by atoms with Gasteiger partial charge in [0.15, 0.2) is 11.5 Å². The number of benzene rings is 2. The fraction of sp³-hybridized carbons (Fsp3) is 0.333. The van der Waals surface area contributed by atoms with Crippen molar-refractivity contribution < 1.29 is 14.3 Å². The lowest BCUT2D eigenvalue weighted by Gasteiger charge is -2.33. The lowest BCUT2D eigenvalue weighted by atomic mass is 10.0. The van der Waals surface area contributed by atoms with Gasteiger partial charge in [-0.15, -0.1) is 11.3 Å². The molecule has 1 amide bonds. The zero-order valence-corrected chi connectivity index (χ0v) is 16.2. The summed E-state index contributed by atoms with van der Waals surface area (Å²) in [5.41, 5.74) is 1.76. The van der Waals surface area contributed by atoms with Gasteiger partial charge < -0.3 is 14.8 Å². The van der Waals surface area contributed by atoms with Crippen molar-refractivity contribution in [2.75, 3.05) is 25.2 Å². The van der Waals surface area contributed by atoms with Crippen molar-refractivity contribution >= 4 is 33.1 Å². The fourth-order valence-electron chi connectivity index (χ4n) is 3.85. The first-order chi connectivity index (χ1) is 13.8. The Balaban J connectivity index is 1.30. The number of fused-ring (bicyclic) bond motifs is 2. The van der Waals surface area contributed by atoms with E-state index >= 15 is 0 Å². The molecule has 2 aliphatic rings. The number of rotatable bonds is 4. The Labute approximate surface area is 167 Å². The molecule has 1 N–H and O–H groups in total. The van der Waals surface area contributed by atoms with Gasteiger partial charge in [0.05, 0.1) is 22.8 Å². The molecule has 1 saturated heterocycles. The zero-order chi connectivity index (χ0) is 18.9. The van der Waals surface area contributed by atoms with Gasteiger partial charge in [-0.3, -0.25) is 9.69 Å². The van der Waals surface area contributed by atoms with Crippen LogP contribution in [-0.2, 0) is 4.79 Å². The highest BCUT2D eigenvalue weighted by atomic mass is 32.1. The molecule has 5 rings (SSSR count). The maximum Gasteiger partial charge on any atom is 0.238 e. The molecule has 0 saturated carbocycles. The molecular formula is C21H21N3O3S. The number of ether oxygens (including phenoxy) is 2. The van der Waals surface area contributed by atoms with Crippen LogP contribution in [0.3, 0.4) is 0 Å². The quantitative estimate of drug-likeness (QED) is 0.718. The third-order valence-corrected chi connectivity index (χ3v) is 6.35. The molecule has 1 fully saturated rings. The zero-order valence-electron chi connectivity index (χ0n) is 15.4. The number of hydrogen-bond acceptors (Lipinski definition) is 6. The Hall–Kier alpha value is -2.64. The van der Waals surface area contributed by atoms with Gasteiger partial charge in [-0.05, 0) is 43.7 Å². The van der Waals surface area contributed by atoms with E-state index in [1.165, 1.54) is 11.1 Å². The van der Waals surface area contributed by atoms with Crippen LogP contribution in [0.1, 0.15) is 30.3 Å². The number of piperidine rings is 1. The van der Waals surface area contributed by atoms with Crippen LogP contribution in [0, 0.1) is 0 Å². The standard InChI is InChI=1S/C21H21N3O3S/c25-20(22-14-8-9-17-18(11-14)27-13-26-17)12-24-10-4-3-6-16(24)21-23-15-5-1-2-7-19(15)28-21/h1-2,5,7-9,11,16H,3-4,6,10,12-13H2,(H,22,25)/t16-/m0/s1. The number of carbonyl (C=O) groups excluding carboxylic acids is 1. The number of anilines is 1. The number of nitrogens with one attached hydrogen (secondary N) is 1. The van der Waals surface area contributed by atoms with Crippen molar-refractivity contribution in [1.82, 2.24) is 9.88 Å². The highest BCUT2D eigenvalue weighted by Crippen LogP contribution is 2.36. The summed E-state index contributed by atoms with van der Waals surface area (Å²) in [5, 5.41) is 4.09. The average molecular weight is 395 g/mol. The Morgan fingerprint density at radius 3 is 3.00 bits per heavy atom. The predicted molar refractivity (Wildman–Crippen MR) is 109 cm³/mol. The van der Waals surface area contributed by atoms with Crippen molar-refractivity contribution in [1.29, 1.82) is 0 Å². The molecule has 1 atom stereocenters. The first-order valence-electron chi connectivity index (χ1n) is 9.55. The third kappa shape index (κ3) is 3.43. The van der Waals surface area contributed by atoms with Crippen LogP contribution in [0.5, 0.6) is 11.5 Å². The molecule has 2 aromatic carbocycles. The minimum atomic E-state index is -0.0214. The summed E-state index contributed by atoms with van der Waals surface area (Å²) >= 11 is 1.74. The number of nitrogens with zero attached hydrogens (tertiary/aromatic N) is 2. The maximum atomic E-state index is 12.7. The van der Waals surface area contributed by atoms with Crippen molar-refractivity contribution in [2.24, 2.45) is 0 Å². The Morgan fingerprint density at radius 1 is 1.18 bits per heavy atom. The van der Waals surface area contributed by atoms with E-state index in [0.717, 1.165) is 35.6 Å². The van der Waals surface area contributed by atoms with Gasteiger partial charge in [0.1, 0.15) is 5.01 Å². The van der Waals surface area contributed by atoms with E-state index in [1.54, 1.807) is 11.3 Å². The first kappa shape index (κ1) is 17.5. The highest BCUT2D eigenvalue weighted by Gasteiger charge is 2.28. The topological polar surface area (TPSA) is 63.7 Å². The fourth-order valence-corrected chi connectivity index (χ4v) is 4.99. The summed E-state index contributed by atoms with van der Waals surface area (Å²) in [6.45, 7) is 1.49. The number of aromatic nitrogens is 1. The molecule has 1 aromatic heterocycles. The molecule has 0 unspecified atom stereocenters. The monoisotopic (exact) mass is 395 g/mol. The average Bonchev–Trinajstić information content (AvgIpc) is 3.34. The summed E-state index contributed by atoms with van der Waals surface area (Å²) in [6.07, 6.45) is 3.32. The van der Waals surface area contributed by atoms with Crippen LogP contribution >= 0.6 is 11.3 Å². The molecule has 7 heteroatoms. The molecular weight excluding hydrogens is 374 g/mol. The molecule has 6 nitrogen and oxygen atoms in total. The molecule has 3 aromatic rings. The highest BCUT2D eigenvalue weighted by molar-refractivity contribution is 7.18. The number of carbonyl (C=O) groups is 1. The Kier molecular flexibility index (Phi) is 4.62. The lowest BCUT2D eigenvalue weighted by molar-refractivity contribution is -0.118. The number of amides is 1. The molecule has 28 heavy (non-hydrogen) atoms. The molecule has 0 spiro atoms. The minimum absolute atomic E-state index is 0.0214. The Morgan fingerprint density at radius 2 is 2.07 bits per heavy atom. The van der Waals surface area contributed by atoms with E-state index in [9.17, 15) is 4.79 Å². The van der Waals surface area contributed by atoms with Crippen LogP contribution in [-0.4, -0.2) is 35.7 Å². The molecule has 0 bridgehead atoms. The normalized spacial score (nSPS) is 19.1. The second-order valence-electron chi connectivity index (χ2n) is 7.12. The van der Waals surface area contributed by atoms with Crippen LogP contribution in [0.2, 0.25) is 0 Å². The molecule has 0 aliphatic carbocycles. The van der Waals surface area contributed by atoms with E-state index < -0.39 is 0 Å². The molecule has 3 heterocycles. The number of hydrogen-bond donors (Lipinski definition) is 1. The summed E-state index contributed by atoms with van der Waals surface area (Å²) in [7, 11) is 0. The van der Waals surface area contributed by atoms with Crippen LogP contribution in [0.4, 0.5) is 5.69 Å². The van der Waals surface area contributed by atoms with E-state index in [1.807, 2.05) is 30.3 Å². The summed E-state index contributed by atoms with van der Waals surface area (Å²) in [5.74, 6) is 1.36. The van der Waals surface area contributed by atoms with Crippen molar-refractivity contribution in [3.63, 3.8) is 0 Å². The van der Waals surface area contributed by atoms with E-state index in [0.29, 0.717) is 18.0 Å².